The van der Waals surface area contributed by atoms with Crippen LogP contribution < -0.4 is 5.32 Å². The third-order valence-electron chi connectivity index (χ3n) is 2.87. The maximum absolute atomic E-state index is 12.8. The van der Waals surface area contributed by atoms with E-state index in [1.807, 2.05) is 0 Å². The summed E-state index contributed by atoms with van der Waals surface area (Å²) in [5, 5.41) is 8.91. The molecule has 0 fully saturated rings. The summed E-state index contributed by atoms with van der Waals surface area (Å²) in [6, 6.07) is 0.984. The summed E-state index contributed by atoms with van der Waals surface area (Å²) in [6.07, 6.45) is -9.11. The van der Waals surface area contributed by atoms with Crippen molar-refractivity contribution in [2.75, 3.05) is 7.05 Å². The van der Waals surface area contributed by atoms with E-state index in [-0.39, 0.29) is 11.8 Å². The summed E-state index contributed by atoms with van der Waals surface area (Å²) in [7, 11) is 1.25. The van der Waals surface area contributed by atoms with Crippen molar-refractivity contribution in [2.24, 2.45) is 0 Å². The van der Waals surface area contributed by atoms with Crippen LogP contribution in [0, 0.1) is 0 Å². The van der Waals surface area contributed by atoms with Crippen LogP contribution in [0.25, 0.3) is 11.3 Å². The maximum Gasteiger partial charge on any atom is 0.416 e. The van der Waals surface area contributed by atoms with Gasteiger partial charge in [0.1, 0.15) is 0 Å². The lowest BCUT2D eigenvalue weighted by Gasteiger charge is -2.14. The lowest BCUT2D eigenvalue weighted by atomic mass is 10.0. The molecule has 0 saturated carbocycles. The molecule has 0 aliphatic heterocycles. The van der Waals surface area contributed by atoms with E-state index in [9.17, 15) is 31.1 Å². The van der Waals surface area contributed by atoms with E-state index in [1.165, 1.54) is 7.05 Å². The van der Waals surface area contributed by atoms with Gasteiger partial charge in [0.25, 0.3) is 5.91 Å². The molecule has 0 aliphatic carbocycles. The number of rotatable bonds is 2. The van der Waals surface area contributed by atoms with Gasteiger partial charge < -0.3 is 5.32 Å². The number of hydrogen-bond acceptors (Lipinski definition) is 4. The second kappa shape index (κ2) is 6.06. The molecule has 0 radical (unpaired) electrons. The van der Waals surface area contributed by atoms with Crippen molar-refractivity contribution in [2.45, 2.75) is 12.4 Å². The fourth-order valence-electron chi connectivity index (χ4n) is 1.75. The van der Waals surface area contributed by atoms with Crippen molar-refractivity contribution >= 4 is 5.91 Å². The van der Waals surface area contributed by atoms with E-state index < -0.39 is 40.8 Å². The van der Waals surface area contributed by atoms with Crippen LogP contribution in [0.15, 0.2) is 24.4 Å². The summed E-state index contributed by atoms with van der Waals surface area (Å²) >= 11 is 0. The van der Waals surface area contributed by atoms with Crippen LogP contribution in [0.2, 0.25) is 0 Å². The molecule has 0 atom stereocenters. The molecule has 1 aromatic heterocycles. The number of alkyl halides is 6. The van der Waals surface area contributed by atoms with E-state index in [0.717, 1.165) is 6.20 Å². The van der Waals surface area contributed by atoms with E-state index in [1.54, 1.807) is 0 Å². The summed E-state index contributed by atoms with van der Waals surface area (Å²) in [5.74, 6) is -1.27. The van der Waals surface area contributed by atoms with Crippen LogP contribution in [-0.4, -0.2) is 28.1 Å². The molecule has 0 bridgehead atoms. The van der Waals surface area contributed by atoms with Gasteiger partial charge in [0.15, 0.2) is 0 Å². The van der Waals surface area contributed by atoms with Crippen molar-refractivity contribution in [3.8, 4) is 11.3 Å². The Balaban J connectivity index is 2.64. The lowest BCUT2D eigenvalue weighted by Crippen LogP contribution is -2.21. The minimum atomic E-state index is -4.99. The summed E-state index contributed by atoms with van der Waals surface area (Å²) in [5.41, 5.74) is -3.82. The molecule has 128 valence electrons. The van der Waals surface area contributed by atoms with Gasteiger partial charge in [-0.1, -0.05) is 0 Å². The molecule has 2 aromatic rings. The number of nitrogens with one attached hydrogen (secondary N) is 1. The standard InChI is InChI=1S/C13H8F6N4O/c1-20-11(24)10-22-9(5-21-23-10)6-2-7(12(14,15)16)4-8(3-6)13(17,18)19/h2-5H,1H3,(H,20,24). The number of benzene rings is 1. The molecule has 0 aliphatic rings. The van der Waals surface area contributed by atoms with Crippen LogP contribution in [0.4, 0.5) is 26.3 Å². The maximum atomic E-state index is 12.8. The molecule has 1 N–H and O–H groups in total. The largest absolute Gasteiger partial charge is 0.416 e. The molecule has 1 heterocycles. The van der Waals surface area contributed by atoms with Crippen molar-refractivity contribution in [1.82, 2.24) is 20.5 Å². The van der Waals surface area contributed by atoms with Crippen LogP contribution in [0.5, 0.6) is 0 Å². The van der Waals surface area contributed by atoms with Gasteiger partial charge in [-0.2, -0.15) is 31.4 Å². The van der Waals surface area contributed by atoms with Crippen molar-refractivity contribution < 1.29 is 31.1 Å². The predicted molar refractivity (Wildman–Crippen MR) is 68.7 cm³/mol. The van der Waals surface area contributed by atoms with Gasteiger partial charge in [-0.15, -0.1) is 5.10 Å². The van der Waals surface area contributed by atoms with Gasteiger partial charge in [-0.3, -0.25) is 4.79 Å². The van der Waals surface area contributed by atoms with E-state index in [4.69, 9.17) is 0 Å². The molecule has 1 aromatic carbocycles. The molecule has 1 amide bonds. The average Bonchev–Trinajstić information content (AvgIpc) is 2.52. The van der Waals surface area contributed by atoms with E-state index in [0.29, 0.717) is 12.1 Å². The number of nitrogens with zero attached hydrogens (tertiary/aromatic N) is 3. The molecule has 24 heavy (non-hydrogen) atoms. The molecule has 5 nitrogen and oxygen atoms in total. The predicted octanol–water partition coefficient (Wildman–Crippen LogP) is 2.94. The SMILES string of the molecule is CNC(=O)c1nncc(-c2cc(C(F)(F)F)cc(C(F)(F)F)c2)n1. The second-order valence-electron chi connectivity index (χ2n) is 4.54. The van der Waals surface area contributed by atoms with Gasteiger partial charge in [-0.05, 0) is 18.2 Å². The minimum absolute atomic E-state index is 0.00220. The Morgan fingerprint density at radius 1 is 1.00 bits per heavy atom. The first-order valence-electron chi connectivity index (χ1n) is 6.24. The van der Waals surface area contributed by atoms with Crippen LogP contribution >= 0.6 is 0 Å². The molecule has 2 rings (SSSR count). The number of halogens is 6. The zero-order chi connectivity index (χ0) is 18.1. The first kappa shape index (κ1) is 17.6. The van der Waals surface area contributed by atoms with Gasteiger partial charge in [0, 0.05) is 12.6 Å². The lowest BCUT2D eigenvalue weighted by molar-refractivity contribution is -0.143. The Kier molecular flexibility index (Phi) is 4.45. The average molecular weight is 350 g/mol. The highest BCUT2D eigenvalue weighted by Crippen LogP contribution is 2.38. The van der Waals surface area contributed by atoms with Crippen molar-refractivity contribution in [3.05, 3.63) is 41.3 Å². The van der Waals surface area contributed by atoms with Crippen molar-refractivity contribution in [1.29, 1.82) is 0 Å². The van der Waals surface area contributed by atoms with Gasteiger partial charge in [0.05, 0.1) is 23.0 Å². The third-order valence-corrected chi connectivity index (χ3v) is 2.87. The number of carbonyl (C=O) groups is 1. The van der Waals surface area contributed by atoms with Crippen LogP contribution in [0.1, 0.15) is 21.7 Å². The number of amides is 1. The highest BCUT2D eigenvalue weighted by atomic mass is 19.4. The smallest absolute Gasteiger partial charge is 0.352 e. The monoisotopic (exact) mass is 350 g/mol. The highest BCUT2D eigenvalue weighted by molar-refractivity contribution is 5.90. The Bertz CT molecular complexity index is 740. The van der Waals surface area contributed by atoms with Gasteiger partial charge in [0.2, 0.25) is 5.82 Å². The summed E-state index contributed by atoms with van der Waals surface area (Å²) < 4.78 is 77.0. The molecular weight excluding hydrogens is 342 g/mol. The molecule has 11 heteroatoms. The Hall–Kier alpha value is -2.72. The van der Waals surface area contributed by atoms with Gasteiger partial charge in [-0.25, -0.2) is 4.98 Å². The fourth-order valence-corrected chi connectivity index (χ4v) is 1.75. The number of aromatic nitrogens is 3. The molecular formula is C13H8F6N4O. The highest BCUT2D eigenvalue weighted by Gasteiger charge is 2.37. The summed E-state index contributed by atoms with van der Waals surface area (Å²) in [6.45, 7) is 0. The number of carbonyl (C=O) groups excluding carboxylic acids is 1. The minimum Gasteiger partial charge on any atom is -0.352 e. The van der Waals surface area contributed by atoms with Crippen molar-refractivity contribution in [3.63, 3.8) is 0 Å². The Morgan fingerprint density at radius 3 is 2.00 bits per heavy atom. The normalized spacial score (nSPS) is 12.1. The first-order valence-corrected chi connectivity index (χ1v) is 6.24. The Labute approximate surface area is 130 Å². The second-order valence-corrected chi connectivity index (χ2v) is 4.54. The van der Waals surface area contributed by atoms with Crippen LogP contribution in [0.3, 0.4) is 0 Å². The van der Waals surface area contributed by atoms with E-state index >= 15 is 0 Å². The van der Waals surface area contributed by atoms with E-state index in [2.05, 4.69) is 20.5 Å². The Morgan fingerprint density at radius 2 is 1.54 bits per heavy atom. The molecule has 0 unspecified atom stereocenters. The topological polar surface area (TPSA) is 67.8 Å². The van der Waals surface area contributed by atoms with Gasteiger partial charge >= 0.3 is 12.4 Å². The number of hydrogen-bond donors (Lipinski definition) is 1. The quantitative estimate of drug-likeness (QED) is 0.846. The fraction of sp³-hybridized carbons (Fsp3) is 0.231. The zero-order valence-corrected chi connectivity index (χ0v) is 11.8. The first-order chi connectivity index (χ1) is 11.0. The third kappa shape index (κ3) is 3.78. The summed E-state index contributed by atoms with van der Waals surface area (Å²) in [4.78, 5) is 15.1. The zero-order valence-electron chi connectivity index (χ0n) is 11.8. The molecule has 0 saturated heterocycles. The van der Waals surface area contributed by atoms with Crippen LogP contribution in [-0.2, 0) is 12.4 Å². The molecule has 0 spiro atoms.